The van der Waals surface area contributed by atoms with Gasteiger partial charge in [-0.2, -0.15) is 5.26 Å². The number of amides is 3. The fourth-order valence-corrected chi connectivity index (χ4v) is 4.93. The van der Waals surface area contributed by atoms with E-state index in [1.807, 2.05) is 29.2 Å². The van der Waals surface area contributed by atoms with Crippen LogP contribution in [0.15, 0.2) is 48.5 Å². The van der Waals surface area contributed by atoms with Crippen LogP contribution >= 0.6 is 0 Å². The first-order valence-electron chi connectivity index (χ1n) is 13.0. The number of para-hydroxylation sites is 3. The summed E-state index contributed by atoms with van der Waals surface area (Å²) in [6.07, 6.45) is 2.88. The van der Waals surface area contributed by atoms with Gasteiger partial charge >= 0.3 is 6.03 Å². The molecular weight excluding hydrogens is 482 g/mol. The average Bonchev–Trinajstić information content (AvgIpc) is 3.31. The van der Waals surface area contributed by atoms with Crippen LogP contribution in [0.5, 0.6) is 0 Å². The number of methoxy groups -OCH3 is 1. The third kappa shape index (κ3) is 6.68. The Morgan fingerprint density at radius 2 is 2.03 bits per heavy atom. The Kier molecular flexibility index (Phi) is 9.30. The summed E-state index contributed by atoms with van der Waals surface area (Å²) in [5.41, 5.74) is 9.06. The third-order valence-corrected chi connectivity index (χ3v) is 6.81. The normalized spacial score (nSPS) is 16.1. The summed E-state index contributed by atoms with van der Waals surface area (Å²) in [5, 5.41) is 14.5. The van der Waals surface area contributed by atoms with E-state index >= 15 is 0 Å². The summed E-state index contributed by atoms with van der Waals surface area (Å²) in [7, 11) is 1.71. The van der Waals surface area contributed by atoms with Gasteiger partial charge in [-0.3, -0.25) is 4.79 Å². The van der Waals surface area contributed by atoms with Crippen molar-refractivity contribution in [1.29, 1.82) is 5.26 Å². The number of urea groups is 1. The molecule has 3 aromatic rings. The lowest BCUT2D eigenvalue weighted by atomic mass is 9.96. The molecule has 1 aliphatic heterocycles. The Labute approximate surface area is 222 Å². The largest absolute Gasteiger partial charge is 0.385 e. The number of nitrogens with one attached hydrogen (secondary N) is 2. The molecule has 1 aliphatic rings. The summed E-state index contributed by atoms with van der Waals surface area (Å²) in [4.78, 5) is 32.2. The summed E-state index contributed by atoms with van der Waals surface area (Å²) < 4.78 is 7.53. The Morgan fingerprint density at radius 1 is 1.24 bits per heavy atom. The lowest BCUT2D eigenvalue weighted by molar-refractivity contribution is -0.132. The van der Waals surface area contributed by atoms with Crippen LogP contribution in [0, 0.1) is 11.3 Å². The van der Waals surface area contributed by atoms with Crippen molar-refractivity contribution >= 4 is 28.7 Å². The monoisotopic (exact) mass is 517 g/mol. The predicted octanol–water partition coefficient (Wildman–Crippen LogP) is 3.19. The molecule has 0 spiro atoms. The van der Waals surface area contributed by atoms with Gasteiger partial charge < -0.3 is 30.6 Å². The first kappa shape index (κ1) is 27.1. The molecule has 2 aromatic carbocycles. The number of likely N-dealkylation sites (tertiary alicyclic amines) is 1. The number of hydrogen-bond acceptors (Lipinski definition) is 6. The Morgan fingerprint density at radius 3 is 2.84 bits per heavy atom. The van der Waals surface area contributed by atoms with Gasteiger partial charge in [-0.05, 0) is 43.5 Å². The molecule has 3 amide bonds. The minimum atomic E-state index is -0.529. The molecule has 0 aliphatic carbocycles. The molecule has 1 saturated heterocycles. The molecule has 0 bridgehead atoms. The number of nitrogens with two attached hydrogens (primary N) is 1. The number of aryl methyl sites for hydroxylation is 1. The van der Waals surface area contributed by atoms with Gasteiger partial charge in [0, 0.05) is 58.3 Å². The van der Waals surface area contributed by atoms with Gasteiger partial charge in [-0.15, -0.1) is 0 Å². The van der Waals surface area contributed by atoms with Crippen LogP contribution in [0.3, 0.4) is 0 Å². The number of nitrogens with zero attached hydrogens (tertiary/aromatic N) is 4. The highest BCUT2D eigenvalue weighted by Crippen LogP contribution is 2.30. The Balaban J connectivity index is 1.33. The second kappa shape index (κ2) is 13.0. The molecule has 0 saturated carbocycles. The van der Waals surface area contributed by atoms with Gasteiger partial charge in [0.2, 0.25) is 5.91 Å². The molecule has 0 radical (unpaired) electrons. The minimum Gasteiger partial charge on any atom is -0.385 e. The molecule has 2 atom stereocenters. The molecule has 2 heterocycles. The second-order valence-corrected chi connectivity index (χ2v) is 9.59. The standard InChI is InChI=1S/C28H35N7O3/c1-38-15-7-14-35-25-12-5-4-11-24(25)32-27(35)21-9-6-13-34(19-21)26(36)16-22(30)18-31-28(37)33-23-10-3-2-8-20(23)17-29/h2-5,8,10-12,21-22H,6-7,9,13-16,18-19,30H2,1H3,(H2,31,33,37)/t21-,22+/m1/s1. The summed E-state index contributed by atoms with van der Waals surface area (Å²) in [6, 6.07) is 15.9. The number of benzene rings is 2. The van der Waals surface area contributed by atoms with Gasteiger partial charge in [-0.1, -0.05) is 24.3 Å². The number of anilines is 1. The lowest BCUT2D eigenvalue weighted by Gasteiger charge is -2.33. The van der Waals surface area contributed by atoms with Crippen molar-refractivity contribution in [3.05, 3.63) is 59.9 Å². The molecule has 4 N–H and O–H groups in total. The number of rotatable bonds is 10. The van der Waals surface area contributed by atoms with Crippen molar-refractivity contribution < 1.29 is 14.3 Å². The third-order valence-electron chi connectivity index (χ3n) is 6.81. The maximum Gasteiger partial charge on any atom is 0.319 e. The summed E-state index contributed by atoms with van der Waals surface area (Å²) in [5.74, 6) is 1.13. The summed E-state index contributed by atoms with van der Waals surface area (Å²) >= 11 is 0. The summed E-state index contributed by atoms with van der Waals surface area (Å²) in [6.45, 7) is 2.91. The zero-order chi connectivity index (χ0) is 26.9. The highest BCUT2D eigenvalue weighted by molar-refractivity contribution is 5.90. The SMILES string of the molecule is COCCCn1c([C@@H]2CCCN(C(=O)C[C@H](N)CNC(=O)Nc3ccccc3C#N)C2)nc2ccccc21. The molecule has 1 fully saturated rings. The quantitative estimate of drug-likeness (QED) is 0.353. The molecule has 0 unspecified atom stereocenters. The molecule has 200 valence electrons. The minimum absolute atomic E-state index is 0.0266. The van der Waals surface area contributed by atoms with Crippen LogP contribution in [0.1, 0.15) is 43.0 Å². The topological polar surface area (TPSA) is 138 Å². The molecule has 10 nitrogen and oxygen atoms in total. The van der Waals surface area contributed by atoms with Gasteiger partial charge in [0.25, 0.3) is 0 Å². The predicted molar refractivity (Wildman–Crippen MR) is 146 cm³/mol. The molecule has 10 heteroatoms. The number of carbonyl (C=O) groups excluding carboxylic acids is 2. The van der Waals surface area contributed by atoms with Gasteiger partial charge in [0.1, 0.15) is 11.9 Å². The number of piperidine rings is 1. The van der Waals surface area contributed by atoms with Crippen LogP contribution in [-0.2, 0) is 16.1 Å². The number of nitriles is 1. The van der Waals surface area contributed by atoms with E-state index in [4.69, 9.17) is 15.5 Å². The number of ether oxygens (including phenoxy) is 1. The zero-order valence-electron chi connectivity index (χ0n) is 21.7. The van der Waals surface area contributed by atoms with E-state index in [1.165, 1.54) is 0 Å². The maximum atomic E-state index is 13.1. The molecular formula is C28H35N7O3. The van der Waals surface area contributed by atoms with Gasteiger partial charge in [-0.25, -0.2) is 9.78 Å². The van der Waals surface area contributed by atoms with E-state index in [9.17, 15) is 14.9 Å². The van der Waals surface area contributed by atoms with Gasteiger partial charge in [0.05, 0.1) is 22.3 Å². The Bertz CT molecular complexity index is 1300. The van der Waals surface area contributed by atoms with Crippen LogP contribution in [0.25, 0.3) is 11.0 Å². The number of aromatic nitrogens is 2. The smallest absolute Gasteiger partial charge is 0.319 e. The van der Waals surface area contributed by atoms with Crippen LogP contribution in [0.2, 0.25) is 0 Å². The fraction of sp³-hybridized carbons (Fsp3) is 0.429. The van der Waals surface area contributed by atoms with Crippen molar-refractivity contribution in [1.82, 2.24) is 19.8 Å². The number of fused-ring (bicyclic) bond motifs is 1. The van der Waals surface area contributed by atoms with Crippen LogP contribution < -0.4 is 16.4 Å². The van der Waals surface area contributed by atoms with Crippen molar-refractivity contribution in [2.75, 3.05) is 38.7 Å². The van der Waals surface area contributed by atoms with E-state index in [1.54, 1.807) is 31.4 Å². The number of imidazole rings is 1. The second-order valence-electron chi connectivity index (χ2n) is 9.59. The zero-order valence-corrected chi connectivity index (χ0v) is 21.7. The van der Waals surface area contributed by atoms with E-state index in [0.29, 0.717) is 30.9 Å². The van der Waals surface area contributed by atoms with Crippen molar-refractivity contribution in [3.63, 3.8) is 0 Å². The van der Waals surface area contributed by atoms with Gasteiger partial charge in [0.15, 0.2) is 0 Å². The number of carbonyl (C=O) groups is 2. The van der Waals surface area contributed by atoms with Crippen molar-refractivity contribution in [2.45, 2.75) is 44.2 Å². The van der Waals surface area contributed by atoms with E-state index < -0.39 is 12.1 Å². The van der Waals surface area contributed by atoms with Crippen LogP contribution in [-0.4, -0.2) is 65.8 Å². The fourth-order valence-electron chi connectivity index (χ4n) is 4.93. The van der Waals surface area contributed by atoms with Crippen molar-refractivity contribution in [2.24, 2.45) is 5.73 Å². The first-order valence-corrected chi connectivity index (χ1v) is 13.0. The molecule has 38 heavy (non-hydrogen) atoms. The lowest BCUT2D eigenvalue weighted by Crippen LogP contribution is -2.45. The van der Waals surface area contributed by atoms with Crippen molar-refractivity contribution in [3.8, 4) is 6.07 Å². The van der Waals surface area contributed by atoms with Crippen LogP contribution in [0.4, 0.5) is 10.5 Å². The van der Waals surface area contributed by atoms with E-state index in [2.05, 4.69) is 21.3 Å². The molecule has 4 rings (SSSR count). The van der Waals surface area contributed by atoms with E-state index in [0.717, 1.165) is 42.7 Å². The highest BCUT2D eigenvalue weighted by Gasteiger charge is 2.29. The average molecular weight is 518 g/mol. The van der Waals surface area contributed by atoms with E-state index in [-0.39, 0.29) is 24.8 Å². The maximum absolute atomic E-state index is 13.1. The number of hydrogen-bond donors (Lipinski definition) is 3. The molecule has 1 aromatic heterocycles. The Hall–Kier alpha value is -3.94. The highest BCUT2D eigenvalue weighted by atomic mass is 16.5. The first-order chi connectivity index (χ1) is 18.5.